The molecular weight excluding hydrogens is 238 g/mol. The molecule has 19 heavy (non-hydrogen) atoms. The highest BCUT2D eigenvalue weighted by Crippen LogP contribution is 2.52. The highest BCUT2D eigenvalue weighted by atomic mass is 16.5. The van der Waals surface area contributed by atoms with E-state index < -0.39 is 0 Å². The molecule has 2 fully saturated rings. The molecule has 0 amide bonds. The Morgan fingerprint density at radius 3 is 2.79 bits per heavy atom. The van der Waals surface area contributed by atoms with Crippen molar-refractivity contribution < 1.29 is 4.52 Å². The summed E-state index contributed by atoms with van der Waals surface area (Å²) in [6.45, 7) is 7.43. The van der Waals surface area contributed by atoms with Gasteiger partial charge in [-0.05, 0) is 44.6 Å². The fourth-order valence-electron chi connectivity index (χ4n) is 3.86. The standard InChI is InChI=1S/C15H25N3O/c1-4-16-10(3)9(2)15-17-14(18-19-15)13-8-11-5-6-12(13)7-11/h9-13,16H,4-8H2,1-3H3. The van der Waals surface area contributed by atoms with Gasteiger partial charge in [0.2, 0.25) is 5.89 Å². The van der Waals surface area contributed by atoms with Crippen molar-refractivity contribution in [2.24, 2.45) is 11.8 Å². The summed E-state index contributed by atoms with van der Waals surface area (Å²) >= 11 is 0. The van der Waals surface area contributed by atoms with Crippen molar-refractivity contribution >= 4 is 0 Å². The Balaban J connectivity index is 1.69. The van der Waals surface area contributed by atoms with E-state index >= 15 is 0 Å². The molecule has 5 unspecified atom stereocenters. The number of aromatic nitrogens is 2. The SMILES string of the molecule is CCNC(C)C(C)c1nc(C2CC3CCC2C3)no1. The van der Waals surface area contributed by atoms with E-state index in [9.17, 15) is 0 Å². The van der Waals surface area contributed by atoms with Crippen LogP contribution in [0.1, 0.15) is 70.0 Å². The second kappa shape index (κ2) is 5.23. The summed E-state index contributed by atoms with van der Waals surface area (Å²) in [5, 5.41) is 7.69. The Kier molecular flexibility index (Phi) is 3.61. The van der Waals surface area contributed by atoms with E-state index in [0.29, 0.717) is 12.0 Å². The van der Waals surface area contributed by atoms with E-state index in [1.807, 2.05) is 0 Å². The van der Waals surface area contributed by atoms with Crippen LogP contribution in [0, 0.1) is 11.8 Å². The smallest absolute Gasteiger partial charge is 0.231 e. The van der Waals surface area contributed by atoms with Gasteiger partial charge >= 0.3 is 0 Å². The summed E-state index contributed by atoms with van der Waals surface area (Å²) in [6, 6.07) is 0.373. The fraction of sp³-hybridized carbons (Fsp3) is 0.867. The average Bonchev–Trinajstić information content (AvgIpc) is 3.13. The summed E-state index contributed by atoms with van der Waals surface area (Å²) in [7, 11) is 0. The minimum Gasteiger partial charge on any atom is -0.339 e. The number of hydrogen-bond donors (Lipinski definition) is 1. The molecule has 0 saturated heterocycles. The fourth-order valence-corrected chi connectivity index (χ4v) is 3.86. The predicted octanol–water partition coefficient (Wildman–Crippen LogP) is 3.07. The molecule has 0 radical (unpaired) electrons. The number of hydrogen-bond acceptors (Lipinski definition) is 4. The maximum atomic E-state index is 5.51. The zero-order valence-electron chi connectivity index (χ0n) is 12.2. The van der Waals surface area contributed by atoms with Gasteiger partial charge in [0.1, 0.15) is 0 Å². The molecule has 4 heteroatoms. The van der Waals surface area contributed by atoms with Crippen LogP contribution in [-0.4, -0.2) is 22.7 Å². The molecule has 5 atom stereocenters. The quantitative estimate of drug-likeness (QED) is 0.887. The first-order chi connectivity index (χ1) is 9.19. The van der Waals surface area contributed by atoms with Gasteiger partial charge in [-0.15, -0.1) is 0 Å². The molecule has 1 heterocycles. The zero-order valence-corrected chi connectivity index (χ0v) is 12.2. The normalized spacial score (nSPS) is 32.7. The monoisotopic (exact) mass is 263 g/mol. The van der Waals surface area contributed by atoms with E-state index in [4.69, 9.17) is 9.51 Å². The Morgan fingerprint density at radius 1 is 1.32 bits per heavy atom. The van der Waals surface area contributed by atoms with Crippen LogP contribution in [0.5, 0.6) is 0 Å². The number of nitrogens with zero attached hydrogens (tertiary/aromatic N) is 2. The van der Waals surface area contributed by atoms with Gasteiger partial charge in [-0.3, -0.25) is 0 Å². The van der Waals surface area contributed by atoms with Crippen LogP contribution >= 0.6 is 0 Å². The Bertz CT molecular complexity index is 431. The molecule has 1 aromatic heterocycles. The van der Waals surface area contributed by atoms with Crippen LogP contribution in [0.2, 0.25) is 0 Å². The van der Waals surface area contributed by atoms with Gasteiger partial charge in [-0.1, -0.05) is 25.4 Å². The van der Waals surface area contributed by atoms with Gasteiger partial charge in [-0.2, -0.15) is 4.98 Å². The maximum Gasteiger partial charge on any atom is 0.231 e. The molecule has 0 spiro atoms. The summed E-state index contributed by atoms with van der Waals surface area (Å²) in [6.07, 6.45) is 5.45. The third-order valence-corrected chi connectivity index (χ3v) is 5.19. The summed E-state index contributed by atoms with van der Waals surface area (Å²) in [5.41, 5.74) is 0. The first kappa shape index (κ1) is 13.1. The largest absolute Gasteiger partial charge is 0.339 e. The summed E-state index contributed by atoms with van der Waals surface area (Å²) in [5.74, 6) is 4.36. The maximum absolute atomic E-state index is 5.51. The van der Waals surface area contributed by atoms with Gasteiger partial charge in [0, 0.05) is 12.0 Å². The van der Waals surface area contributed by atoms with E-state index in [1.54, 1.807) is 0 Å². The summed E-state index contributed by atoms with van der Waals surface area (Å²) in [4.78, 5) is 4.70. The number of fused-ring (bicyclic) bond motifs is 2. The van der Waals surface area contributed by atoms with E-state index in [-0.39, 0.29) is 5.92 Å². The van der Waals surface area contributed by atoms with Gasteiger partial charge in [0.05, 0.1) is 5.92 Å². The van der Waals surface area contributed by atoms with Crippen LogP contribution < -0.4 is 5.32 Å². The van der Waals surface area contributed by atoms with Crippen LogP contribution in [0.15, 0.2) is 4.52 Å². The topological polar surface area (TPSA) is 51.0 Å². The van der Waals surface area contributed by atoms with Crippen molar-refractivity contribution in [3.63, 3.8) is 0 Å². The lowest BCUT2D eigenvalue weighted by atomic mass is 9.88. The minimum atomic E-state index is 0.278. The molecule has 2 aliphatic rings. The van der Waals surface area contributed by atoms with Gasteiger partial charge in [0.15, 0.2) is 5.82 Å². The lowest BCUT2D eigenvalue weighted by Gasteiger charge is -2.18. The van der Waals surface area contributed by atoms with Crippen LogP contribution in [0.25, 0.3) is 0 Å². The molecule has 106 valence electrons. The Morgan fingerprint density at radius 2 is 2.16 bits per heavy atom. The molecule has 1 N–H and O–H groups in total. The molecule has 3 rings (SSSR count). The second-order valence-electron chi connectivity index (χ2n) is 6.41. The number of rotatable bonds is 5. The zero-order chi connectivity index (χ0) is 13.4. The predicted molar refractivity (Wildman–Crippen MR) is 74.0 cm³/mol. The van der Waals surface area contributed by atoms with Crippen molar-refractivity contribution in [2.75, 3.05) is 6.54 Å². The third kappa shape index (κ3) is 2.42. The van der Waals surface area contributed by atoms with Crippen molar-refractivity contribution in [2.45, 2.75) is 64.3 Å². The van der Waals surface area contributed by atoms with Crippen LogP contribution in [-0.2, 0) is 0 Å². The molecule has 4 nitrogen and oxygen atoms in total. The van der Waals surface area contributed by atoms with Crippen molar-refractivity contribution in [1.29, 1.82) is 0 Å². The van der Waals surface area contributed by atoms with Crippen LogP contribution in [0.3, 0.4) is 0 Å². The van der Waals surface area contributed by atoms with Gasteiger partial charge < -0.3 is 9.84 Å². The number of nitrogens with one attached hydrogen (secondary N) is 1. The van der Waals surface area contributed by atoms with Crippen molar-refractivity contribution in [3.8, 4) is 0 Å². The molecule has 2 aliphatic carbocycles. The van der Waals surface area contributed by atoms with Gasteiger partial charge in [0.25, 0.3) is 0 Å². The first-order valence-electron chi connectivity index (χ1n) is 7.76. The van der Waals surface area contributed by atoms with E-state index in [1.165, 1.54) is 25.7 Å². The molecule has 1 aromatic rings. The Labute approximate surface area is 115 Å². The molecule has 0 aliphatic heterocycles. The van der Waals surface area contributed by atoms with Crippen molar-refractivity contribution in [3.05, 3.63) is 11.7 Å². The minimum absolute atomic E-state index is 0.278. The highest BCUT2D eigenvalue weighted by molar-refractivity contribution is 5.08. The lowest BCUT2D eigenvalue weighted by Crippen LogP contribution is -2.30. The molecule has 2 bridgehead atoms. The second-order valence-corrected chi connectivity index (χ2v) is 6.41. The third-order valence-electron chi connectivity index (χ3n) is 5.19. The highest BCUT2D eigenvalue weighted by Gasteiger charge is 2.42. The molecular formula is C15H25N3O. The van der Waals surface area contributed by atoms with E-state index in [0.717, 1.165) is 30.1 Å². The lowest BCUT2D eigenvalue weighted by molar-refractivity contribution is 0.322. The Hall–Kier alpha value is -0.900. The van der Waals surface area contributed by atoms with Crippen molar-refractivity contribution in [1.82, 2.24) is 15.5 Å². The average molecular weight is 263 g/mol. The van der Waals surface area contributed by atoms with Crippen LogP contribution in [0.4, 0.5) is 0 Å². The summed E-state index contributed by atoms with van der Waals surface area (Å²) < 4.78 is 5.51. The van der Waals surface area contributed by atoms with Gasteiger partial charge in [-0.25, -0.2) is 0 Å². The first-order valence-corrected chi connectivity index (χ1v) is 7.76. The number of likely N-dealkylation sites (N-methyl/N-ethyl adjacent to an activating group) is 1. The molecule has 2 saturated carbocycles. The van der Waals surface area contributed by atoms with E-state index in [2.05, 4.69) is 31.2 Å². The molecule has 0 aromatic carbocycles.